The van der Waals surface area contributed by atoms with Gasteiger partial charge in [-0.2, -0.15) is 5.10 Å². The Balaban J connectivity index is 2.38. The summed E-state index contributed by atoms with van der Waals surface area (Å²) in [6, 6.07) is 1.78. The summed E-state index contributed by atoms with van der Waals surface area (Å²) in [5.41, 5.74) is 0.627. The zero-order valence-corrected chi connectivity index (χ0v) is 10.8. The summed E-state index contributed by atoms with van der Waals surface area (Å²) in [6.07, 6.45) is 1.31. The zero-order chi connectivity index (χ0) is 11.7. The van der Waals surface area contributed by atoms with E-state index in [1.807, 2.05) is 29.5 Å². The molecule has 0 amide bonds. The second-order valence-electron chi connectivity index (χ2n) is 3.20. The molecule has 84 valence electrons. The molecule has 0 saturated carbocycles. The Labute approximate surface area is 105 Å². The highest BCUT2D eigenvalue weighted by Gasteiger charge is 2.10. The standard InChI is InChI=1S/C9H9IN4O2/c1-5-3-6(14(2)13-5)16-9-7(10)8(15)11-4-12-9/h3-4H,1-2H3,(H,11,12,15). The Kier molecular flexibility index (Phi) is 2.95. The van der Waals surface area contributed by atoms with Crippen LogP contribution in [0.4, 0.5) is 0 Å². The van der Waals surface area contributed by atoms with E-state index in [0.29, 0.717) is 9.45 Å². The van der Waals surface area contributed by atoms with Crippen molar-refractivity contribution in [1.29, 1.82) is 0 Å². The number of aromatic amines is 1. The molecule has 0 aliphatic heterocycles. The molecule has 2 aromatic rings. The number of aryl methyl sites for hydroxylation is 2. The largest absolute Gasteiger partial charge is 0.420 e. The van der Waals surface area contributed by atoms with E-state index in [2.05, 4.69) is 15.1 Å². The second-order valence-corrected chi connectivity index (χ2v) is 4.28. The first kappa shape index (κ1) is 11.1. The molecular weight excluding hydrogens is 323 g/mol. The van der Waals surface area contributed by atoms with Crippen molar-refractivity contribution in [2.75, 3.05) is 0 Å². The first-order valence-corrected chi connectivity index (χ1v) is 5.57. The Hall–Kier alpha value is -1.38. The van der Waals surface area contributed by atoms with E-state index in [4.69, 9.17) is 4.74 Å². The van der Waals surface area contributed by atoms with Gasteiger partial charge in [-0.1, -0.05) is 0 Å². The summed E-state index contributed by atoms with van der Waals surface area (Å²) >= 11 is 1.89. The van der Waals surface area contributed by atoms with Crippen molar-refractivity contribution in [3.63, 3.8) is 0 Å². The highest BCUT2D eigenvalue weighted by Crippen LogP contribution is 2.21. The normalized spacial score (nSPS) is 10.4. The summed E-state index contributed by atoms with van der Waals surface area (Å²) in [6.45, 7) is 1.86. The molecule has 0 bridgehead atoms. The first-order valence-electron chi connectivity index (χ1n) is 4.49. The average Bonchev–Trinajstić information content (AvgIpc) is 2.53. The van der Waals surface area contributed by atoms with Gasteiger partial charge in [-0.3, -0.25) is 4.79 Å². The fraction of sp³-hybridized carbons (Fsp3) is 0.222. The number of aromatic nitrogens is 4. The van der Waals surface area contributed by atoms with Crippen molar-refractivity contribution in [2.24, 2.45) is 7.05 Å². The molecule has 0 spiro atoms. The van der Waals surface area contributed by atoms with Crippen molar-refractivity contribution in [1.82, 2.24) is 19.7 Å². The predicted molar refractivity (Wildman–Crippen MR) is 65.6 cm³/mol. The Bertz CT molecular complexity index is 575. The molecule has 6 nitrogen and oxygen atoms in total. The van der Waals surface area contributed by atoms with E-state index in [0.717, 1.165) is 5.69 Å². The molecule has 7 heteroatoms. The lowest BCUT2D eigenvalue weighted by molar-refractivity contribution is 0.410. The van der Waals surface area contributed by atoms with E-state index in [9.17, 15) is 4.79 Å². The van der Waals surface area contributed by atoms with Crippen LogP contribution < -0.4 is 10.3 Å². The minimum Gasteiger partial charge on any atom is -0.420 e. The van der Waals surface area contributed by atoms with Crippen LogP contribution in [-0.4, -0.2) is 19.7 Å². The Morgan fingerprint density at radius 2 is 2.31 bits per heavy atom. The van der Waals surface area contributed by atoms with Gasteiger partial charge in [0.2, 0.25) is 11.8 Å². The van der Waals surface area contributed by atoms with Crippen molar-refractivity contribution < 1.29 is 4.74 Å². The monoisotopic (exact) mass is 332 g/mol. The van der Waals surface area contributed by atoms with E-state index in [1.165, 1.54) is 6.33 Å². The summed E-state index contributed by atoms with van der Waals surface area (Å²) < 4.78 is 7.51. The van der Waals surface area contributed by atoms with Crippen molar-refractivity contribution >= 4 is 22.6 Å². The van der Waals surface area contributed by atoms with Gasteiger partial charge < -0.3 is 9.72 Å². The summed E-state index contributed by atoms with van der Waals surface area (Å²) in [5, 5.41) is 4.13. The van der Waals surface area contributed by atoms with Gasteiger partial charge in [0, 0.05) is 13.1 Å². The van der Waals surface area contributed by atoms with Crippen LogP contribution in [0.2, 0.25) is 0 Å². The number of nitrogens with zero attached hydrogens (tertiary/aromatic N) is 3. The third-order valence-electron chi connectivity index (χ3n) is 1.92. The van der Waals surface area contributed by atoms with Crippen LogP contribution in [0.1, 0.15) is 5.69 Å². The lowest BCUT2D eigenvalue weighted by Crippen LogP contribution is -2.11. The van der Waals surface area contributed by atoms with Gasteiger partial charge in [-0.25, -0.2) is 9.67 Å². The van der Waals surface area contributed by atoms with Crippen LogP contribution in [0.25, 0.3) is 0 Å². The van der Waals surface area contributed by atoms with Crippen LogP contribution in [0, 0.1) is 10.5 Å². The number of rotatable bonds is 2. The van der Waals surface area contributed by atoms with Gasteiger partial charge in [-0.05, 0) is 29.5 Å². The molecule has 0 fully saturated rings. The van der Waals surface area contributed by atoms with Crippen LogP contribution in [0.3, 0.4) is 0 Å². The Morgan fingerprint density at radius 1 is 1.56 bits per heavy atom. The highest BCUT2D eigenvalue weighted by molar-refractivity contribution is 14.1. The molecule has 0 aliphatic rings. The third-order valence-corrected chi connectivity index (χ3v) is 2.88. The maximum Gasteiger partial charge on any atom is 0.268 e. The topological polar surface area (TPSA) is 72.8 Å². The van der Waals surface area contributed by atoms with Gasteiger partial charge in [0.1, 0.15) is 3.57 Å². The molecule has 0 saturated heterocycles. The minimum atomic E-state index is -0.218. The van der Waals surface area contributed by atoms with Crippen molar-refractivity contribution in [3.8, 4) is 11.8 Å². The lowest BCUT2D eigenvalue weighted by atomic mass is 10.5. The summed E-state index contributed by atoms with van der Waals surface area (Å²) in [5.74, 6) is 0.834. The maximum atomic E-state index is 11.3. The molecule has 2 heterocycles. The maximum absolute atomic E-state index is 11.3. The number of hydrogen-bond donors (Lipinski definition) is 1. The quantitative estimate of drug-likeness (QED) is 0.839. The molecule has 2 aromatic heterocycles. The van der Waals surface area contributed by atoms with Crippen LogP contribution in [0.15, 0.2) is 17.2 Å². The molecule has 0 aromatic carbocycles. The molecule has 16 heavy (non-hydrogen) atoms. The lowest BCUT2D eigenvalue weighted by Gasteiger charge is -2.04. The minimum absolute atomic E-state index is 0.218. The van der Waals surface area contributed by atoms with E-state index in [-0.39, 0.29) is 11.4 Å². The Morgan fingerprint density at radius 3 is 2.94 bits per heavy atom. The van der Waals surface area contributed by atoms with E-state index >= 15 is 0 Å². The van der Waals surface area contributed by atoms with Gasteiger partial charge in [-0.15, -0.1) is 0 Å². The number of ether oxygens (including phenoxy) is 1. The summed E-state index contributed by atoms with van der Waals surface area (Å²) in [7, 11) is 1.77. The second kappa shape index (κ2) is 4.24. The van der Waals surface area contributed by atoms with Crippen molar-refractivity contribution in [2.45, 2.75) is 6.92 Å². The van der Waals surface area contributed by atoms with Crippen LogP contribution >= 0.6 is 22.6 Å². The fourth-order valence-corrected chi connectivity index (χ4v) is 1.62. The third kappa shape index (κ3) is 2.08. The highest BCUT2D eigenvalue weighted by atomic mass is 127. The van der Waals surface area contributed by atoms with Crippen LogP contribution in [0.5, 0.6) is 11.8 Å². The molecule has 0 radical (unpaired) electrons. The smallest absolute Gasteiger partial charge is 0.268 e. The number of hydrogen-bond acceptors (Lipinski definition) is 4. The van der Waals surface area contributed by atoms with Gasteiger partial charge in [0.05, 0.1) is 12.0 Å². The SMILES string of the molecule is Cc1cc(Oc2nc[nH]c(=O)c2I)n(C)n1. The van der Waals surface area contributed by atoms with Crippen molar-refractivity contribution in [3.05, 3.63) is 32.0 Å². The zero-order valence-electron chi connectivity index (χ0n) is 8.69. The van der Waals surface area contributed by atoms with Gasteiger partial charge >= 0.3 is 0 Å². The number of halogens is 1. The number of H-pyrrole nitrogens is 1. The number of nitrogens with one attached hydrogen (secondary N) is 1. The van der Waals surface area contributed by atoms with Gasteiger partial charge in [0.25, 0.3) is 5.56 Å². The molecule has 2 rings (SSSR count). The van der Waals surface area contributed by atoms with Gasteiger partial charge in [0.15, 0.2) is 0 Å². The molecular formula is C9H9IN4O2. The van der Waals surface area contributed by atoms with E-state index < -0.39 is 0 Å². The molecule has 1 N–H and O–H groups in total. The van der Waals surface area contributed by atoms with E-state index in [1.54, 1.807) is 17.8 Å². The molecule has 0 atom stereocenters. The predicted octanol–water partition coefficient (Wildman–Crippen LogP) is 1.21. The fourth-order valence-electron chi connectivity index (χ4n) is 1.22. The molecule has 0 aliphatic carbocycles. The van der Waals surface area contributed by atoms with Crippen LogP contribution in [-0.2, 0) is 7.05 Å². The molecule has 0 unspecified atom stereocenters. The first-order chi connectivity index (χ1) is 7.58. The average molecular weight is 332 g/mol. The summed E-state index contributed by atoms with van der Waals surface area (Å²) in [4.78, 5) is 17.7.